The van der Waals surface area contributed by atoms with E-state index in [0.29, 0.717) is 0 Å². The van der Waals surface area contributed by atoms with Crippen molar-refractivity contribution in [2.75, 3.05) is 19.0 Å². The minimum Gasteiger partial charge on any atom is -0.496 e. The molecule has 0 aliphatic carbocycles. The number of carbonyl (C=O) groups is 1. The van der Waals surface area contributed by atoms with Crippen LogP contribution in [0.2, 0.25) is 0 Å². The average molecular weight is 386 g/mol. The Balaban J connectivity index is 1.76. The molecule has 122 valence electrons. The molecule has 5 nitrogen and oxygen atoms in total. The van der Waals surface area contributed by atoms with Gasteiger partial charge < -0.3 is 15.4 Å². The quantitative estimate of drug-likeness (QED) is 0.827. The zero-order valence-corrected chi connectivity index (χ0v) is 14.6. The molecule has 0 fully saturated rings. The van der Waals surface area contributed by atoms with Crippen LogP contribution in [0.4, 0.5) is 10.5 Å². The molecule has 6 heteroatoms. The first-order valence-corrected chi connectivity index (χ1v) is 8.52. The van der Waals surface area contributed by atoms with E-state index >= 15 is 0 Å². The molecule has 0 saturated carbocycles. The van der Waals surface area contributed by atoms with E-state index < -0.39 is 0 Å². The highest BCUT2D eigenvalue weighted by atomic mass is 79.9. The number of para-hydroxylation sites is 1. The Morgan fingerprint density at radius 2 is 2.08 bits per heavy atom. The molecule has 2 N–H and O–H groups in total. The van der Waals surface area contributed by atoms with Gasteiger partial charge in [0.25, 0.3) is 0 Å². The first-order chi connectivity index (χ1) is 11.7. The fourth-order valence-electron chi connectivity index (χ4n) is 3.36. The molecular weight excluding hydrogens is 370 g/mol. The molecule has 2 amide bonds. The van der Waals surface area contributed by atoms with Crippen LogP contribution in [-0.2, 0) is 0 Å². The first-order valence-electron chi connectivity index (χ1n) is 7.73. The molecule has 0 radical (unpaired) electrons. The van der Waals surface area contributed by atoms with Gasteiger partial charge in [-0.25, -0.2) is 4.79 Å². The fraction of sp³-hybridized carbons (Fsp3) is 0.222. The normalized spacial score (nSPS) is 21.8. The Kier molecular flexibility index (Phi) is 3.76. The molecule has 0 aromatic heterocycles. The van der Waals surface area contributed by atoms with Crippen LogP contribution in [0, 0.1) is 5.92 Å². The molecule has 2 aromatic carbocycles. The predicted molar refractivity (Wildman–Crippen MR) is 96.9 cm³/mol. The second-order valence-electron chi connectivity index (χ2n) is 5.85. The zero-order valence-electron chi connectivity index (χ0n) is 13.0. The minimum absolute atomic E-state index is 0.0814. The van der Waals surface area contributed by atoms with Gasteiger partial charge in [0, 0.05) is 23.7 Å². The topological polar surface area (TPSA) is 62.7 Å². The van der Waals surface area contributed by atoms with E-state index in [1.165, 1.54) is 0 Å². The zero-order chi connectivity index (χ0) is 16.7. The number of ether oxygens (including phenoxy) is 1. The van der Waals surface area contributed by atoms with Gasteiger partial charge in [0.15, 0.2) is 0 Å². The van der Waals surface area contributed by atoms with Gasteiger partial charge in [-0.15, -0.1) is 0 Å². The maximum absolute atomic E-state index is 12.2. The molecule has 24 heavy (non-hydrogen) atoms. The molecular formula is C18H16BrN3O2. The number of urea groups is 1. The first kappa shape index (κ1) is 15.2. The smallest absolute Gasteiger partial charge is 0.341 e. The Labute approximate surface area is 148 Å². The number of anilines is 1. The van der Waals surface area contributed by atoms with Gasteiger partial charge in [0.1, 0.15) is 5.75 Å². The molecule has 2 aromatic rings. The van der Waals surface area contributed by atoms with E-state index in [4.69, 9.17) is 4.74 Å². The summed E-state index contributed by atoms with van der Waals surface area (Å²) in [6.07, 6.45) is 0. The van der Waals surface area contributed by atoms with Crippen LogP contribution >= 0.6 is 15.9 Å². The maximum Gasteiger partial charge on any atom is 0.341 e. The highest BCUT2D eigenvalue weighted by Gasteiger charge is 2.37. The molecule has 4 rings (SSSR count). The summed E-state index contributed by atoms with van der Waals surface area (Å²) >= 11 is 3.52. The van der Waals surface area contributed by atoms with Crippen molar-refractivity contribution >= 4 is 33.4 Å². The lowest BCUT2D eigenvalue weighted by Crippen LogP contribution is -2.46. The lowest BCUT2D eigenvalue weighted by Gasteiger charge is -2.36. The van der Waals surface area contributed by atoms with E-state index in [2.05, 4.69) is 31.6 Å². The van der Waals surface area contributed by atoms with Gasteiger partial charge in [-0.3, -0.25) is 0 Å². The van der Waals surface area contributed by atoms with E-state index in [1.807, 2.05) is 42.5 Å². The second-order valence-corrected chi connectivity index (χ2v) is 6.71. The van der Waals surface area contributed by atoms with Gasteiger partial charge >= 0.3 is 6.03 Å². The van der Waals surface area contributed by atoms with E-state index in [0.717, 1.165) is 39.3 Å². The predicted octanol–water partition coefficient (Wildman–Crippen LogP) is 3.75. The number of fused-ring (bicyclic) bond motifs is 3. The molecule has 2 atom stereocenters. The molecule has 2 heterocycles. The third kappa shape index (κ3) is 2.47. The summed E-state index contributed by atoms with van der Waals surface area (Å²) in [5.74, 6) is 0.847. The number of nitrogens with one attached hydrogen (secondary N) is 2. The van der Waals surface area contributed by atoms with Crippen LogP contribution < -0.4 is 15.4 Å². The highest BCUT2D eigenvalue weighted by molar-refractivity contribution is 9.10. The summed E-state index contributed by atoms with van der Waals surface area (Å²) in [6.45, 7) is 0.727. The summed E-state index contributed by atoms with van der Waals surface area (Å²) < 4.78 is 6.16. The van der Waals surface area contributed by atoms with E-state index in [1.54, 1.807) is 7.11 Å². The lowest BCUT2D eigenvalue weighted by molar-refractivity contribution is 0.240. The number of aliphatic imine (C=N–C) groups is 1. The van der Waals surface area contributed by atoms with Crippen LogP contribution in [0.25, 0.3) is 0 Å². The largest absolute Gasteiger partial charge is 0.496 e. The van der Waals surface area contributed by atoms with E-state index in [-0.39, 0.29) is 18.0 Å². The van der Waals surface area contributed by atoms with Crippen molar-refractivity contribution in [2.24, 2.45) is 10.9 Å². The fourth-order valence-corrected chi connectivity index (χ4v) is 3.92. The Morgan fingerprint density at radius 3 is 2.88 bits per heavy atom. The third-order valence-corrected chi connectivity index (χ3v) is 5.12. The number of hydrogen-bond acceptors (Lipinski definition) is 3. The maximum atomic E-state index is 12.2. The summed E-state index contributed by atoms with van der Waals surface area (Å²) in [5, 5.41) is 6.44. The molecule has 0 saturated heterocycles. The van der Waals surface area contributed by atoms with Gasteiger partial charge in [0.05, 0.1) is 23.3 Å². The third-order valence-electron chi connectivity index (χ3n) is 4.50. The Hall–Kier alpha value is -2.34. The molecule has 2 aliphatic heterocycles. The average Bonchev–Trinajstić information content (AvgIpc) is 2.61. The molecule has 0 spiro atoms. The number of amides is 2. The minimum atomic E-state index is -0.296. The Bertz CT molecular complexity index is 850. The van der Waals surface area contributed by atoms with Gasteiger partial charge in [-0.2, -0.15) is 4.99 Å². The van der Waals surface area contributed by atoms with Crippen molar-refractivity contribution in [1.29, 1.82) is 0 Å². The number of nitrogens with zero attached hydrogens (tertiary/aromatic N) is 1. The summed E-state index contributed by atoms with van der Waals surface area (Å²) in [4.78, 5) is 16.4. The van der Waals surface area contributed by atoms with Gasteiger partial charge in [0.2, 0.25) is 0 Å². The summed E-state index contributed by atoms with van der Waals surface area (Å²) in [5.41, 5.74) is 3.90. The number of rotatable bonds is 2. The Morgan fingerprint density at radius 1 is 1.25 bits per heavy atom. The number of methoxy groups -OCH3 is 1. The summed E-state index contributed by atoms with van der Waals surface area (Å²) in [7, 11) is 1.63. The van der Waals surface area contributed by atoms with E-state index in [9.17, 15) is 4.79 Å². The molecule has 2 unspecified atom stereocenters. The number of hydrogen-bond donors (Lipinski definition) is 2. The van der Waals surface area contributed by atoms with Crippen LogP contribution in [0.15, 0.2) is 51.9 Å². The van der Waals surface area contributed by atoms with Crippen molar-refractivity contribution in [3.8, 4) is 5.75 Å². The molecule has 0 bridgehead atoms. The monoisotopic (exact) mass is 385 g/mol. The highest BCUT2D eigenvalue weighted by Crippen LogP contribution is 2.37. The number of benzene rings is 2. The van der Waals surface area contributed by atoms with Gasteiger partial charge in [-0.1, -0.05) is 24.3 Å². The van der Waals surface area contributed by atoms with Crippen LogP contribution in [0.5, 0.6) is 5.75 Å². The second kappa shape index (κ2) is 5.94. The van der Waals surface area contributed by atoms with Crippen molar-refractivity contribution in [1.82, 2.24) is 5.32 Å². The van der Waals surface area contributed by atoms with Crippen molar-refractivity contribution in [2.45, 2.75) is 6.04 Å². The number of halogens is 1. The molecule has 2 aliphatic rings. The van der Waals surface area contributed by atoms with Crippen molar-refractivity contribution in [3.05, 3.63) is 58.1 Å². The van der Waals surface area contributed by atoms with Crippen LogP contribution in [-0.4, -0.2) is 25.4 Å². The lowest BCUT2D eigenvalue weighted by atomic mass is 9.82. The van der Waals surface area contributed by atoms with Crippen molar-refractivity contribution in [3.63, 3.8) is 0 Å². The van der Waals surface area contributed by atoms with Crippen LogP contribution in [0.3, 0.4) is 0 Å². The van der Waals surface area contributed by atoms with Gasteiger partial charge in [-0.05, 0) is 39.7 Å². The standard InChI is InChI=1S/C18H16BrN3O2/c1-24-15-7-6-10(8-13(15)19)16-12-9-20-14-5-3-2-4-11(14)17(12)22-18(23)21-16/h2-8,12,16,20H,9H2,1H3,(H,21,23). The SMILES string of the molecule is COc1ccc(C2NC(=O)N=C3c4ccccc4NCC32)cc1Br. The number of carbonyl (C=O) groups excluding carboxylic acids is 1. The van der Waals surface area contributed by atoms with Crippen molar-refractivity contribution < 1.29 is 9.53 Å². The summed E-state index contributed by atoms with van der Waals surface area (Å²) in [6, 6.07) is 13.4. The van der Waals surface area contributed by atoms with Crippen LogP contribution in [0.1, 0.15) is 17.2 Å².